The van der Waals surface area contributed by atoms with Crippen LogP contribution in [0.25, 0.3) is 0 Å². The quantitative estimate of drug-likeness (QED) is 0.829. The molecule has 0 fully saturated rings. The molecule has 0 spiro atoms. The van der Waals surface area contributed by atoms with Crippen molar-refractivity contribution in [3.8, 4) is 5.75 Å². The van der Waals surface area contributed by atoms with Crippen LogP contribution in [-0.2, 0) is 0 Å². The minimum absolute atomic E-state index is 0.243. The number of aliphatic hydroxyl groups excluding tert-OH is 1. The zero-order chi connectivity index (χ0) is 12.1. The van der Waals surface area contributed by atoms with Gasteiger partial charge in [-0.3, -0.25) is 0 Å². The summed E-state index contributed by atoms with van der Waals surface area (Å²) in [6.45, 7) is 9.26. The lowest BCUT2D eigenvalue weighted by Gasteiger charge is -2.17. The van der Waals surface area contributed by atoms with Gasteiger partial charge < -0.3 is 9.84 Å². The molecule has 0 aliphatic rings. The zero-order valence-electron chi connectivity index (χ0n) is 10.7. The molecule has 90 valence electrons. The normalized spacial score (nSPS) is 12.6. The zero-order valence-corrected chi connectivity index (χ0v) is 10.7. The lowest BCUT2D eigenvalue weighted by Crippen LogP contribution is -2.02. The van der Waals surface area contributed by atoms with Crippen LogP contribution in [0.3, 0.4) is 0 Å². The second-order valence-electron chi connectivity index (χ2n) is 4.32. The molecule has 1 N–H and O–H groups in total. The molecule has 1 aromatic carbocycles. The molecule has 0 saturated heterocycles. The minimum atomic E-state index is 0.243. The van der Waals surface area contributed by atoms with Crippen molar-refractivity contribution in [1.29, 1.82) is 0 Å². The van der Waals surface area contributed by atoms with Gasteiger partial charge in [0.25, 0.3) is 0 Å². The fraction of sp³-hybridized carbons (Fsp3) is 0.571. The fourth-order valence-corrected chi connectivity index (χ4v) is 2.00. The van der Waals surface area contributed by atoms with Crippen LogP contribution < -0.4 is 4.74 Å². The number of hydrogen-bond donors (Lipinski definition) is 1. The SMILES string of the molecule is CCOc1cc(C)c(C(C)CCO)cc1C. The summed E-state index contributed by atoms with van der Waals surface area (Å²) in [4.78, 5) is 0. The summed E-state index contributed by atoms with van der Waals surface area (Å²) in [5.74, 6) is 1.37. The Balaban J connectivity index is 3.00. The third-order valence-electron chi connectivity index (χ3n) is 2.96. The molecule has 16 heavy (non-hydrogen) atoms. The second-order valence-corrected chi connectivity index (χ2v) is 4.32. The molecule has 0 heterocycles. The molecular weight excluding hydrogens is 200 g/mol. The highest BCUT2D eigenvalue weighted by atomic mass is 16.5. The van der Waals surface area contributed by atoms with Crippen LogP contribution in [0.5, 0.6) is 5.75 Å². The standard InChI is InChI=1S/C14H22O2/c1-5-16-14-9-11(3)13(8-12(14)4)10(2)6-7-15/h8-10,15H,5-7H2,1-4H3. The van der Waals surface area contributed by atoms with Crippen LogP contribution >= 0.6 is 0 Å². The van der Waals surface area contributed by atoms with Gasteiger partial charge in [-0.25, -0.2) is 0 Å². The summed E-state index contributed by atoms with van der Waals surface area (Å²) < 4.78 is 5.56. The van der Waals surface area contributed by atoms with Gasteiger partial charge >= 0.3 is 0 Å². The van der Waals surface area contributed by atoms with Gasteiger partial charge in [0.15, 0.2) is 0 Å². The minimum Gasteiger partial charge on any atom is -0.494 e. The molecule has 0 bridgehead atoms. The van der Waals surface area contributed by atoms with Gasteiger partial charge in [-0.2, -0.15) is 0 Å². The molecule has 0 aliphatic carbocycles. The van der Waals surface area contributed by atoms with Crippen LogP contribution in [0.15, 0.2) is 12.1 Å². The predicted molar refractivity (Wildman–Crippen MR) is 67.2 cm³/mol. The van der Waals surface area contributed by atoms with Crippen molar-refractivity contribution >= 4 is 0 Å². The van der Waals surface area contributed by atoms with E-state index in [9.17, 15) is 0 Å². The third-order valence-corrected chi connectivity index (χ3v) is 2.96. The Hall–Kier alpha value is -1.02. The lowest BCUT2D eigenvalue weighted by molar-refractivity contribution is 0.278. The van der Waals surface area contributed by atoms with E-state index >= 15 is 0 Å². The number of benzene rings is 1. The Bertz CT molecular complexity index is 345. The van der Waals surface area contributed by atoms with E-state index < -0.39 is 0 Å². The van der Waals surface area contributed by atoms with Crippen molar-refractivity contribution in [2.24, 2.45) is 0 Å². The maximum atomic E-state index is 8.97. The first kappa shape index (κ1) is 13.0. The first-order valence-electron chi connectivity index (χ1n) is 5.95. The number of hydrogen-bond acceptors (Lipinski definition) is 2. The largest absolute Gasteiger partial charge is 0.494 e. The Kier molecular flexibility index (Phi) is 4.81. The monoisotopic (exact) mass is 222 g/mol. The highest BCUT2D eigenvalue weighted by molar-refractivity contribution is 5.42. The van der Waals surface area contributed by atoms with E-state index in [0.717, 1.165) is 12.2 Å². The smallest absolute Gasteiger partial charge is 0.122 e. The number of aliphatic hydroxyl groups is 1. The molecular formula is C14H22O2. The highest BCUT2D eigenvalue weighted by Crippen LogP contribution is 2.29. The average Bonchev–Trinajstić information content (AvgIpc) is 2.23. The molecule has 0 radical (unpaired) electrons. The van der Waals surface area contributed by atoms with Gasteiger partial charge in [-0.15, -0.1) is 0 Å². The molecule has 0 aromatic heterocycles. The van der Waals surface area contributed by atoms with Gasteiger partial charge in [0.05, 0.1) is 6.61 Å². The van der Waals surface area contributed by atoms with E-state index in [1.165, 1.54) is 16.7 Å². The maximum absolute atomic E-state index is 8.97. The van der Waals surface area contributed by atoms with E-state index in [4.69, 9.17) is 9.84 Å². The third kappa shape index (κ3) is 2.99. The van der Waals surface area contributed by atoms with Crippen molar-refractivity contribution in [3.63, 3.8) is 0 Å². The average molecular weight is 222 g/mol. The van der Waals surface area contributed by atoms with Crippen LogP contribution in [0.1, 0.15) is 42.9 Å². The van der Waals surface area contributed by atoms with Crippen molar-refractivity contribution in [2.75, 3.05) is 13.2 Å². The maximum Gasteiger partial charge on any atom is 0.122 e. The van der Waals surface area contributed by atoms with Crippen molar-refractivity contribution in [1.82, 2.24) is 0 Å². The summed E-state index contributed by atoms with van der Waals surface area (Å²) in [7, 11) is 0. The molecule has 1 atom stereocenters. The molecule has 2 nitrogen and oxygen atoms in total. The van der Waals surface area contributed by atoms with Gasteiger partial charge in [-0.1, -0.05) is 13.0 Å². The summed E-state index contributed by atoms with van der Waals surface area (Å²) in [6, 6.07) is 4.28. The molecule has 0 amide bonds. The van der Waals surface area contributed by atoms with Crippen molar-refractivity contribution in [3.05, 3.63) is 28.8 Å². The summed E-state index contributed by atoms with van der Waals surface area (Å²) in [5, 5.41) is 8.97. The Morgan fingerprint density at radius 1 is 1.25 bits per heavy atom. The van der Waals surface area contributed by atoms with Crippen molar-refractivity contribution in [2.45, 2.75) is 40.0 Å². The van der Waals surface area contributed by atoms with Gasteiger partial charge in [0.1, 0.15) is 5.75 Å². The van der Waals surface area contributed by atoms with E-state index in [2.05, 4.69) is 32.9 Å². The Morgan fingerprint density at radius 3 is 2.50 bits per heavy atom. The Morgan fingerprint density at radius 2 is 1.94 bits per heavy atom. The predicted octanol–water partition coefficient (Wildman–Crippen LogP) is 3.19. The molecule has 1 aromatic rings. The van der Waals surface area contributed by atoms with E-state index in [1.54, 1.807) is 0 Å². The van der Waals surface area contributed by atoms with Gasteiger partial charge in [0.2, 0.25) is 0 Å². The van der Waals surface area contributed by atoms with E-state index in [1.807, 2.05) is 6.92 Å². The molecule has 1 rings (SSSR count). The highest BCUT2D eigenvalue weighted by Gasteiger charge is 2.11. The van der Waals surface area contributed by atoms with Crippen LogP contribution in [0.2, 0.25) is 0 Å². The summed E-state index contributed by atoms with van der Waals surface area (Å²) in [6.07, 6.45) is 0.814. The summed E-state index contributed by atoms with van der Waals surface area (Å²) >= 11 is 0. The second kappa shape index (κ2) is 5.90. The fourth-order valence-electron chi connectivity index (χ4n) is 2.00. The first-order chi connectivity index (χ1) is 7.60. The molecule has 2 heteroatoms. The Labute approximate surface area is 98.3 Å². The number of ether oxygens (including phenoxy) is 1. The molecule has 1 unspecified atom stereocenters. The van der Waals surface area contributed by atoms with E-state index in [0.29, 0.717) is 12.5 Å². The molecule has 0 saturated carbocycles. The van der Waals surface area contributed by atoms with Gasteiger partial charge in [-0.05, 0) is 55.9 Å². The van der Waals surface area contributed by atoms with Crippen molar-refractivity contribution < 1.29 is 9.84 Å². The van der Waals surface area contributed by atoms with Crippen LogP contribution in [-0.4, -0.2) is 18.3 Å². The van der Waals surface area contributed by atoms with Crippen LogP contribution in [0, 0.1) is 13.8 Å². The lowest BCUT2D eigenvalue weighted by atomic mass is 9.92. The van der Waals surface area contributed by atoms with E-state index in [-0.39, 0.29) is 6.61 Å². The molecule has 0 aliphatic heterocycles. The summed E-state index contributed by atoms with van der Waals surface area (Å²) in [5.41, 5.74) is 3.73. The topological polar surface area (TPSA) is 29.5 Å². The number of rotatable bonds is 5. The first-order valence-corrected chi connectivity index (χ1v) is 5.95. The van der Waals surface area contributed by atoms with Crippen LogP contribution in [0.4, 0.5) is 0 Å². The number of aryl methyl sites for hydroxylation is 2. The van der Waals surface area contributed by atoms with Gasteiger partial charge in [0, 0.05) is 6.61 Å².